The van der Waals surface area contributed by atoms with Gasteiger partial charge in [-0.1, -0.05) is 0 Å². The fourth-order valence-electron chi connectivity index (χ4n) is 1.82. The summed E-state index contributed by atoms with van der Waals surface area (Å²) in [5.74, 6) is 0.0866. The molecule has 2 rings (SSSR count). The lowest BCUT2D eigenvalue weighted by molar-refractivity contribution is -0.122. The first-order valence-corrected chi connectivity index (χ1v) is 6.58. The molecule has 1 aliphatic rings. The summed E-state index contributed by atoms with van der Waals surface area (Å²) in [6.07, 6.45) is 5.88. The first kappa shape index (κ1) is 12.6. The third-order valence-electron chi connectivity index (χ3n) is 2.76. The molecule has 1 saturated heterocycles. The lowest BCUT2D eigenvalue weighted by Gasteiger charge is -2.23. The zero-order chi connectivity index (χ0) is 12.1. The van der Waals surface area contributed by atoms with Crippen molar-refractivity contribution in [2.75, 3.05) is 13.2 Å². The summed E-state index contributed by atoms with van der Waals surface area (Å²) in [5, 5.41) is 7.13. The third-order valence-corrected chi connectivity index (χ3v) is 3.17. The maximum Gasteiger partial charge on any atom is 0.222 e. The number of nitrogens with zero attached hydrogens (tertiary/aromatic N) is 2. The summed E-state index contributed by atoms with van der Waals surface area (Å²) in [6.45, 7) is 2.11. The van der Waals surface area contributed by atoms with Gasteiger partial charge < -0.3 is 10.1 Å². The van der Waals surface area contributed by atoms with Gasteiger partial charge in [0.2, 0.25) is 5.91 Å². The number of halogens is 1. The Hall–Kier alpha value is -0.880. The maximum atomic E-state index is 11.7. The predicted octanol–water partition coefficient (Wildman–Crippen LogP) is 1.33. The van der Waals surface area contributed by atoms with E-state index in [9.17, 15) is 4.79 Å². The second-order valence-electron chi connectivity index (χ2n) is 4.13. The third kappa shape index (κ3) is 4.12. The summed E-state index contributed by atoms with van der Waals surface area (Å²) in [4.78, 5) is 11.7. The Morgan fingerprint density at radius 2 is 2.35 bits per heavy atom. The van der Waals surface area contributed by atoms with Gasteiger partial charge in [-0.15, -0.1) is 0 Å². The van der Waals surface area contributed by atoms with Crippen LogP contribution >= 0.6 is 15.9 Å². The van der Waals surface area contributed by atoms with Crippen molar-refractivity contribution in [1.82, 2.24) is 15.1 Å². The van der Waals surface area contributed by atoms with Gasteiger partial charge in [0.25, 0.3) is 0 Å². The molecule has 0 aromatic carbocycles. The first-order valence-electron chi connectivity index (χ1n) is 5.79. The SMILES string of the molecule is O=C(CCn1cc(Br)cn1)NC1CCOCC1. The van der Waals surface area contributed by atoms with E-state index < -0.39 is 0 Å². The van der Waals surface area contributed by atoms with Crippen LogP contribution in [-0.2, 0) is 16.1 Å². The number of hydrogen-bond donors (Lipinski definition) is 1. The second-order valence-corrected chi connectivity index (χ2v) is 5.04. The molecule has 17 heavy (non-hydrogen) atoms. The molecule has 5 nitrogen and oxygen atoms in total. The molecule has 1 N–H and O–H groups in total. The van der Waals surface area contributed by atoms with E-state index in [1.165, 1.54) is 0 Å². The molecule has 0 spiro atoms. The standard InChI is InChI=1S/C11H16BrN3O2/c12-9-7-13-15(8-9)4-1-11(16)14-10-2-5-17-6-3-10/h7-8,10H,1-6H2,(H,14,16). The van der Waals surface area contributed by atoms with Crippen molar-refractivity contribution in [1.29, 1.82) is 0 Å². The number of ether oxygens (including phenoxy) is 1. The van der Waals surface area contributed by atoms with Crippen LogP contribution in [0.1, 0.15) is 19.3 Å². The van der Waals surface area contributed by atoms with Crippen LogP contribution in [0.2, 0.25) is 0 Å². The summed E-state index contributed by atoms with van der Waals surface area (Å²) >= 11 is 3.32. The molecule has 0 atom stereocenters. The van der Waals surface area contributed by atoms with Crippen molar-refractivity contribution in [3.63, 3.8) is 0 Å². The normalized spacial score (nSPS) is 17.0. The molecule has 6 heteroatoms. The van der Waals surface area contributed by atoms with Gasteiger partial charge in [-0.25, -0.2) is 0 Å². The van der Waals surface area contributed by atoms with Crippen molar-refractivity contribution in [3.05, 3.63) is 16.9 Å². The topological polar surface area (TPSA) is 56.2 Å². The van der Waals surface area contributed by atoms with E-state index in [0.717, 1.165) is 30.5 Å². The van der Waals surface area contributed by atoms with Crippen LogP contribution < -0.4 is 5.32 Å². The maximum absolute atomic E-state index is 11.7. The predicted molar refractivity (Wildman–Crippen MR) is 66.5 cm³/mol. The fourth-order valence-corrected chi connectivity index (χ4v) is 2.15. The van der Waals surface area contributed by atoms with Crippen molar-refractivity contribution in [3.8, 4) is 0 Å². The monoisotopic (exact) mass is 301 g/mol. The van der Waals surface area contributed by atoms with E-state index in [1.807, 2.05) is 6.20 Å². The van der Waals surface area contributed by atoms with Gasteiger partial charge in [0.1, 0.15) is 0 Å². The molecule has 0 bridgehead atoms. The molecule has 94 valence electrons. The van der Waals surface area contributed by atoms with Crippen molar-refractivity contribution >= 4 is 21.8 Å². The van der Waals surface area contributed by atoms with Crippen molar-refractivity contribution in [2.24, 2.45) is 0 Å². The zero-order valence-electron chi connectivity index (χ0n) is 9.56. The van der Waals surface area contributed by atoms with Crippen LogP contribution in [0.15, 0.2) is 16.9 Å². The number of nitrogens with one attached hydrogen (secondary N) is 1. The average Bonchev–Trinajstić information content (AvgIpc) is 2.74. The molecule has 0 saturated carbocycles. The Balaban J connectivity index is 1.70. The van der Waals surface area contributed by atoms with Gasteiger partial charge in [-0.2, -0.15) is 5.10 Å². The fraction of sp³-hybridized carbons (Fsp3) is 0.636. The summed E-state index contributed by atoms with van der Waals surface area (Å²) in [6, 6.07) is 0.278. The molecule has 0 aliphatic carbocycles. The van der Waals surface area contributed by atoms with Crippen LogP contribution in [0.5, 0.6) is 0 Å². The Morgan fingerprint density at radius 3 is 3.00 bits per heavy atom. The lowest BCUT2D eigenvalue weighted by Crippen LogP contribution is -2.39. The minimum Gasteiger partial charge on any atom is -0.381 e. The number of aryl methyl sites for hydroxylation is 1. The highest BCUT2D eigenvalue weighted by Gasteiger charge is 2.15. The molecule has 0 radical (unpaired) electrons. The van der Waals surface area contributed by atoms with Gasteiger partial charge >= 0.3 is 0 Å². The van der Waals surface area contributed by atoms with Crippen LogP contribution in [0.4, 0.5) is 0 Å². The molecular weight excluding hydrogens is 286 g/mol. The van der Waals surface area contributed by atoms with Gasteiger partial charge in [-0.3, -0.25) is 9.48 Å². The van der Waals surface area contributed by atoms with E-state index in [4.69, 9.17) is 4.74 Å². The number of carbonyl (C=O) groups is 1. The van der Waals surface area contributed by atoms with E-state index in [1.54, 1.807) is 10.9 Å². The van der Waals surface area contributed by atoms with E-state index in [0.29, 0.717) is 13.0 Å². The molecular formula is C11H16BrN3O2. The zero-order valence-corrected chi connectivity index (χ0v) is 11.1. The van der Waals surface area contributed by atoms with E-state index >= 15 is 0 Å². The quantitative estimate of drug-likeness (QED) is 0.913. The Kier molecular flexibility index (Phi) is 4.56. The molecule has 0 unspecified atom stereocenters. The molecule has 1 amide bonds. The summed E-state index contributed by atoms with van der Waals surface area (Å²) < 4.78 is 7.93. The van der Waals surface area contributed by atoms with Gasteiger partial charge in [-0.05, 0) is 28.8 Å². The molecule has 1 fully saturated rings. The average molecular weight is 302 g/mol. The first-order chi connectivity index (χ1) is 8.24. The van der Waals surface area contributed by atoms with Gasteiger partial charge in [0.05, 0.1) is 10.7 Å². The minimum absolute atomic E-state index is 0.0866. The lowest BCUT2D eigenvalue weighted by atomic mass is 10.1. The van der Waals surface area contributed by atoms with Crippen LogP contribution in [0.25, 0.3) is 0 Å². The second kappa shape index (κ2) is 6.16. The highest BCUT2D eigenvalue weighted by atomic mass is 79.9. The Morgan fingerprint density at radius 1 is 1.59 bits per heavy atom. The minimum atomic E-state index is 0.0866. The van der Waals surface area contributed by atoms with E-state index in [2.05, 4.69) is 26.3 Å². The largest absolute Gasteiger partial charge is 0.381 e. The Labute approximate surface area is 109 Å². The van der Waals surface area contributed by atoms with Crippen LogP contribution in [0, 0.1) is 0 Å². The van der Waals surface area contributed by atoms with E-state index in [-0.39, 0.29) is 11.9 Å². The molecule has 1 aromatic heterocycles. The van der Waals surface area contributed by atoms with Gasteiger partial charge in [0.15, 0.2) is 0 Å². The number of carbonyl (C=O) groups excluding carboxylic acids is 1. The van der Waals surface area contributed by atoms with Crippen molar-refractivity contribution < 1.29 is 9.53 Å². The summed E-state index contributed by atoms with van der Waals surface area (Å²) in [7, 11) is 0. The van der Waals surface area contributed by atoms with Crippen LogP contribution in [0.3, 0.4) is 0 Å². The molecule has 2 heterocycles. The number of amides is 1. The highest BCUT2D eigenvalue weighted by molar-refractivity contribution is 9.10. The summed E-state index contributed by atoms with van der Waals surface area (Å²) in [5.41, 5.74) is 0. The number of hydrogen-bond acceptors (Lipinski definition) is 3. The Bertz CT molecular complexity index is 375. The van der Waals surface area contributed by atoms with Crippen molar-refractivity contribution in [2.45, 2.75) is 31.8 Å². The number of rotatable bonds is 4. The van der Waals surface area contributed by atoms with Crippen LogP contribution in [-0.4, -0.2) is 34.9 Å². The molecule has 1 aromatic rings. The smallest absolute Gasteiger partial charge is 0.222 e. The van der Waals surface area contributed by atoms with Gasteiger partial charge in [0, 0.05) is 38.4 Å². The number of aromatic nitrogens is 2. The highest BCUT2D eigenvalue weighted by Crippen LogP contribution is 2.08. The molecule has 1 aliphatic heterocycles.